The number of nitrogens with one attached hydrogen (secondary N) is 2. The fourth-order valence-corrected chi connectivity index (χ4v) is 4.75. The Kier molecular flexibility index (Phi) is 11.1. The van der Waals surface area contributed by atoms with E-state index in [-0.39, 0.29) is 56.3 Å². The van der Waals surface area contributed by atoms with Crippen LogP contribution in [0.5, 0.6) is 0 Å². The van der Waals surface area contributed by atoms with E-state index in [0.29, 0.717) is 38.1 Å². The average Bonchev–Trinajstić information content (AvgIpc) is 2.91. The lowest BCUT2D eigenvalue weighted by Gasteiger charge is -2.54. The van der Waals surface area contributed by atoms with Crippen molar-refractivity contribution in [3.63, 3.8) is 0 Å². The van der Waals surface area contributed by atoms with E-state index in [9.17, 15) is 23.6 Å². The fraction of sp³-hybridized carbons (Fsp3) is 0.538. The largest absolute Gasteiger partial charge is 0.445 e. The molecule has 2 atom stereocenters. The number of piperazine rings is 1. The molecule has 2 aliphatic heterocycles. The minimum absolute atomic E-state index is 0.0711. The van der Waals surface area contributed by atoms with Crippen molar-refractivity contribution in [1.82, 2.24) is 25.1 Å². The predicted octanol–water partition coefficient (Wildman–Crippen LogP) is 1.02. The summed E-state index contributed by atoms with van der Waals surface area (Å²) >= 11 is 0. The second-order valence-electron chi connectivity index (χ2n) is 9.30. The zero-order valence-corrected chi connectivity index (χ0v) is 22.4. The summed E-state index contributed by atoms with van der Waals surface area (Å²) in [5.41, 5.74) is 0.578. The van der Waals surface area contributed by atoms with Crippen LogP contribution < -0.4 is 10.6 Å². The number of benzene rings is 1. The number of carbonyl (C=O) groups excluding carboxylic acids is 4. The zero-order chi connectivity index (χ0) is 28.4. The van der Waals surface area contributed by atoms with Crippen LogP contribution in [-0.4, -0.2) is 116 Å². The number of ether oxygens (including phenoxy) is 2. The molecule has 13 heteroatoms. The molecule has 1 aromatic rings. The molecule has 1 aromatic carbocycles. The van der Waals surface area contributed by atoms with Crippen molar-refractivity contribution in [2.75, 3.05) is 65.4 Å². The SMILES string of the molecule is C=CCOC(=O)NCCC[C@H]1C(=O)N(CCCOC)C[C@H]2N1C(=O)CN(C)N2C(=O)CNc1ccc(F)cc1. The van der Waals surface area contributed by atoms with Crippen LogP contribution in [-0.2, 0) is 23.9 Å². The van der Waals surface area contributed by atoms with Gasteiger partial charge >= 0.3 is 6.09 Å². The molecule has 2 fully saturated rings. The number of halogens is 1. The van der Waals surface area contributed by atoms with Crippen LogP contribution in [0, 0.1) is 5.82 Å². The fourth-order valence-electron chi connectivity index (χ4n) is 4.75. The maximum Gasteiger partial charge on any atom is 0.407 e. The molecule has 2 N–H and O–H groups in total. The number of fused-ring (bicyclic) bond motifs is 1. The lowest BCUT2D eigenvalue weighted by atomic mass is 10.0. The van der Waals surface area contributed by atoms with Gasteiger partial charge < -0.3 is 29.9 Å². The lowest BCUT2D eigenvalue weighted by Crippen LogP contribution is -2.75. The van der Waals surface area contributed by atoms with Gasteiger partial charge in [-0.25, -0.2) is 19.2 Å². The molecule has 39 heavy (non-hydrogen) atoms. The molecule has 0 aromatic heterocycles. The van der Waals surface area contributed by atoms with Crippen LogP contribution in [0.3, 0.4) is 0 Å². The Morgan fingerprint density at radius 1 is 1.21 bits per heavy atom. The van der Waals surface area contributed by atoms with E-state index in [4.69, 9.17) is 9.47 Å². The smallest absolute Gasteiger partial charge is 0.407 e. The summed E-state index contributed by atoms with van der Waals surface area (Å²) in [7, 11) is 3.24. The molecule has 2 heterocycles. The Hall–Kier alpha value is -3.71. The first-order chi connectivity index (χ1) is 18.8. The van der Waals surface area contributed by atoms with Crippen molar-refractivity contribution in [2.45, 2.75) is 31.5 Å². The maximum atomic E-state index is 13.5. The predicted molar refractivity (Wildman–Crippen MR) is 141 cm³/mol. The quantitative estimate of drug-likeness (QED) is 0.277. The van der Waals surface area contributed by atoms with Crippen LogP contribution in [0.15, 0.2) is 36.9 Å². The molecule has 2 aliphatic rings. The molecule has 12 nitrogen and oxygen atoms in total. The van der Waals surface area contributed by atoms with E-state index in [1.54, 1.807) is 24.1 Å². The molecule has 214 valence electrons. The average molecular weight is 549 g/mol. The third kappa shape index (κ3) is 7.90. The molecule has 0 spiro atoms. The normalized spacial score (nSPS) is 19.5. The first-order valence-electron chi connectivity index (χ1n) is 12.9. The van der Waals surface area contributed by atoms with Crippen LogP contribution in [0.4, 0.5) is 14.9 Å². The van der Waals surface area contributed by atoms with Gasteiger partial charge in [0.1, 0.15) is 24.6 Å². The number of rotatable bonds is 13. The summed E-state index contributed by atoms with van der Waals surface area (Å²) in [4.78, 5) is 55.0. The minimum atomic E-state index is -0.793. The molecule has 3 rings (SSSR count). The minimum Gasteiger partial charge on any atom is -0.445 e. The Labute approximate surface area is 227 Å². The highest BCUT2D eigenvalue weighted by atomic mass is 19.1. The van der Waals surface area contributed by atoms with Gasteiger partial charge in [0, 0.05) is 39.5 Å². The summed E-state index contributed by atoms with van der Waals surface area (Å²) in [5, 5.41) is 8.68. The third-order valence-electron chi connectivity index (χ3n) is 6.52. The Bertz CT molecular complexity index is 1020. The number of anilines is 1. The molecule has 0 bridgehead atoms. The van der Waals surface area contributed by atoms with Crippen molar-refractivity contribution in [3.05, 3.63) is 42.7 Å². The summed E-state index contributed by atoms with van der Waals surface area (Å²) < 4.78 is 23.3. The summed E-state index contributed by atoms with van der Waals surface area (Å²) in [6.07, 6.45) is 1.47. The van der Waals surface area contributed by atoms with Crippen molar-refractivity contribution in [2.24, 2.45) is 0 Å². The van der Waals surface area contributed by atoms with Gasteiger partial charge in [0.2, 0.25) is 11.8 Å². The van der Waals surface area contributed by atoms with Gasteiger partial charge in [-0.15, -0.1) is 0 Å². The van der Waals surface area contributed by atoms with Crippen molar-refractivity contribution in [1.29, 1.82) is 0 Å². The molecule has 0 aliphatic carbocycles. The number of carbonyl (C=O) groups is 4. The molecular weight excluding hydrogens is 511 g/mol. The van der Waals surface area contributed by atoms with Crippen LogP contribution in [0.25, 0.3) is 0 Å². The van der Waals surface area contributed by atoms with E-state index in [1.807, 2.05) is 0 Å². The van der Waals surface area contributed by atoms with Gasteiger partial charge in [-0.3, -0.25) is 14.4 Å². The van der Waals surface area contributed by atoms with Crippen molar-refractivity contribution >= 4 is 29.5 Å². The number of likely N-dealkylation sites (N-methyl/N-ethyl adjacent to an activating group) is 1. The van der Waals surface area contributed by atoms with Crippen LogP contribution in [0.1, 0.15) is 19.3 Å². The lowest BCUT2D eigenvalue weighted by molar-refractivity contribution is -0.202. The summed E-state index contributed by atoms with van der Waals surface area (Å²) in [6.45, 7) is 4.69. The number of hydrogen-bond acceptors (Lipinski definition) is 8. The van der Waals surface area contributed by atoms with Gasteiger partial charge in [0.05, 0.1) is 19.6 Å². The Balaban J connectivity index is 1.75. The molecule has 0 radical (unpaired) electrons. The number of hydrazine groups is 1. The molecule has 2 saturated heterocycles. The van der Waals surface area contributed by atoms with E-state index in [2.05, 4.69) is 17.2 Å². The monoisotopic (exact) mass is 548 g/mol. The molecule has 0 saturated carbocycles. The molecule has 4 amide bonds. The number of alkyl carbamates (subject to hydrolysis) is 1. The van der Waals surface area contributed by atoms with Gasteiger partial charge in [-0.05, 0) is 43.5 Å². The highest BCUT2D eigenvalue weighted by Gasteiger charge is 2.50. The van der Waals surface area contributed by atoms with E-state index >= 15 is 0 Å². The summed E-state index contributed by atoms with van der Waals surface area (Å²) in [6, 6.07) is 4.87. The van der Waals surface area contributed by atoms with Crippen LogP contribution >= 0.6 is 0 Å². The standard InChI is InChI=1S/C26H37FN6O6/c1-4-14-39-26(37)28-12-5-7-21-25(36)31(13-6-15-38-3)17-22-32(21)24(35)18-30(2)33(22)23(34)16-29-20-10-8-19(27)9-11-20/h4,8-11,21-22,29H,1,5-7,12-18H2,2-3H3,(H,28,37)/t21-,22-/m0/s1. The van der Waals surface area contributed by atoms with E-state index in [1.165, 1.54) is 40.3 Å². The van der Waals surface area contributed by atoms with E-state index < -0.39 is 18.3 Å². The highest BCUT2D eigenvalue weighted by Crippen LogP contribution is 2.28. The third-order valence-corrected chi connectivity index (χ3v) is 6.52. The number of nitrogens with zero attached hydrogens (tertiary/aromatic N) is 4. The topological polar surface area (TPSA) is 124 Å². The van der Waals surface area contributed by atoms with Gasteiger partial charge in [-0.1, -0.05) is 12.7 Å². The molecule has 0 unspecified atom stereocenters. The van der Waals surface area contributed by atoms with Crippen molar-refractivity contribution in [3.8, 4) is 0 Å². The Morgan fingerprint density at radius 3 is 2.64 bits per heavy atom. The van der Waals surface area contributed by atoms with Gasteiger partial charge in [0.15, 0.2) is 0 Å². The number of methoxy groups -OCH3 is 1. The maximum absolute atomic E-state index is 13.5. The second-order valence-corrected chi connectivity index (χ2v) is 9.30. The Morgan fingerprint density at radius 2 is 1.95 bits per heavy atom. The van der Waals surface area contributed by atoms with Gasteiger partial charge in [-0.2, -0.15) is 0 Å². The second kappa shape index (κ2) is 14.4. The first kappa shape index (κ1) is 29.8. The molecular formula is C26H37FN6O6. The first-order valence-corrected chi connectivity index (χ1v) is 12.9. The number of hydrogen-bond donors (Lipinski definition) is 2. The van der Waals surface area contributed by atoms with Gasteiger partial charge in [0.25, 0.3) is 5.91 Å². The van der Waals surface area contributed by atoms with E-state index in [0.717, 1.165) is 0 Å². The summed E-state index contributed by atoms with van der Waals surface area (Å²) in [5.74, 6) is -1.15. The highest BCUT2D eigenvalue weighted by molar-refractivity contribution is 5.92. The van der Waals surface area contributed by atoms with Crippen LogP contribution in [0.2, 0.25) is 0 Å². The zero-order valence-electron chi connectivity index (χ0n) is 22.4. The number of amides is 4. The van der Waals surface area contributed by atoms with Crippen molar-refractivity contribution < 1.29 is 33.0 Å².